The Labute approximate surface area is 121 Å². The smallest absolute Gasteiger partial charge is 0.161 e. The molecule has 5 heteroatoms. The molecule has 1 aliphatic heterocycles. The lowest BCUT2D eigenvalue weighted by molar-refractivity contribution is 0.171. The third-order valence-electron chi connectivity index (χ3n) is 3.54. The molecule has 0 saturated heterocycles. The van der Waals surface area contributed by atoms with Crippen LogP contribution in [-0.2, 0) is 0 Å². The average molecular weight is 291 g/mol. The molecule has 1 unspecified atom stereocenters. The van der Waals surface area contributed by atoms with E-state index >= 15 is 0 Å². The maximum atomic E-state index is 13.9. The Morgan fingerprint density at radius 2 is 1.71 bits per heavy atom. The van der Waals surface area contributed by atoms with Crippen LogP contribution in [0.2, 0.25) is 0 Å². The fraction of sp³-hybridized carbons (Fsp3) is 0.250. The first-order valence-electron chi connectivity index (χ1n) is 6.67. The first kappa shape index (κ1) is 13.8. The molecular weight excluding hydrogens is 276 g/mol. The van der Waals surface area contributed by atoms with Crippen molar-refractivity contribution in [3.8, 4) is 11.5 Å². The lowest BCUT2D eigenvalue weighted by Gasteiger charge is -2.21. The van der Waals surface area contributed by atoms with Gasteiger partial charge < -0.3 is 15.2 Å². The fourth-order valence-electron chi connectivity index (χ4n) is 2.35. The molecule has 0 fully saturated rings. The minimum Gasteiger partial charge on any atom is -0.486 e. The van der Waals surface area contributed by atoms with E-state index in [1.165, 1.54) is 6.07 Å². The number of halogens is 2. The van der Waals surface area contributed by atoms with Gasteiger partial charge in [-0.1, -0.05) is 6.07 Å². The number of fused-ring (bicyclic) bond motifs is 1. The van der Waals surface area contributed by atoms with Crippen LogP contribution in [0, 0.1) is 18.6 Å². The highest BCUT2D eigenvalue weighted by molar-refractivity contribution is 5.47. The van der Waals surface area contributed by atoms with Crippen LogP contribution in [0.4, 0.5) is 8.78 Å². The second kappa shape index (κ2) is 5.33. The van der Waals surface area contributed by atoms with Gasteiger partial charge in [-0.2, -0.15) is 0 Å². The number of nitrogens with two attached hydrogens (primary N) is 1. The molecule has 0 aromatic heterocycles. The molecule has 0 bridgehead atoms. The van der Waals surface area contributed by atoms with Crippen LogP contribution in [0.1, 0.15) is 22.7 Å². The van der Waals surface area contributed by atoms with Crippen LogP contribution in [0.25, 0.3) is 0 Å². The van der Waals surface area contributed by atoms with Gasteiger partial charge in [0.05, 0.1) is 6.04 Å². The molecule has 21 heavy (non-hydrogen) atoms. The van der Waals surface area contributed by atoms with E-state index in [1.807, 2.05) is 0 Å². The predicted octanol–water partition coefficient (Wildman–Crippen LogP) is 3.09. The van der Waals surface area contributed by atoms with Gasteiger partial charge in [-0.15, -0.1) is 0 Å². The Hall–Kier alpha value is -2.14. The second-order valence-electron chi connectivity index (χ2n) is 5.00. The van der Waals surface area contributed by atoms with Gasteiger partial charge >= 0.3 is 0 Å². The van der Waals surface area contributed by atoms with E-state index in [9.17, 15) is 8.78 Å². The van der Waals surface area contributed by atoms with Gasteiger partial charge in [0.15, 0.2) is 11.5 Å². The van der Waals surface area contributed by atoms with Crippen molar-refractivity contribution in [3.05, 3.63) is 58.7 Å². The third kappa shape index (κ3) is 2.56. The summed E-state index contributed by atoms with van der Waals surface area (Å²) in [6.07, 6.45) is 0. The Morgan fingerprint density at radius 3 is 2.48 bits per heavy atom. The van der Waals surface area contributed by atoms with Crippen LogP contribution in [0.3, 0.4) is 0 Å². The van der Waals surface area contributed by atoms with Crippen LogP contribution < -0.4 is 15.2 Å². The largest absolute Gasteiger partial charge is 0.486 e. The number of aryl methyl sites for hydroxylation is 1. The molecule has 0 aliphatic carbocycles. The predicted molar refractivity (Wildman–Crippen MR) is 74.6 cm³/mol. The van der Waals surface area contributed by atoms with E-state index in [4.69, 9.17) is 15.2 Å². The molecule has 3 nitrogen and oxygen atoms in total. The van der Waals surface area contributed by atoms with E-state index in [2.05, 4.69) is 0 Å². The summed E-state index contributed by atoms with van der Waals surface area (Å²) < 4.78 is 38.2. The van der Waals surface area contributed by atoms with Crippen molar-refractivity contribution in [2.75, 3.05) is 13.2 Å². The maximum Gasteiger partial charge on any atom is 0.161 e. The summed E-state index contributed by atoms with van der Waals surface area (Å²) in [6, 6.07) is 6.85. The quantitative estimate of drug-likeness (QED) is 0.924. The van der Waals surface area contributed by atoms with Gasteiger partial charge in [0.2, 0.25) is 0 Å². The highest BCUT2D eigenvalue weighted by atomic mass is 19.1. The van der Waals surface area contributed by atoms with Crippen molar-refractivity contribution in [2.45, 2.75) is 13.0 Å². The molecule has 0 radical (unpaired) electrons. The van der Waals surface area contributed by atoms with E-state index in [0.717, 1.165) is 6.07 Å². The first-order chi connectivity index (χ1) is 10.1. The minimum atomic E-state index is -0.694. The average Bonchev–Trinajstić information content (AvgIpc) is 2.50. The van der Waals surface area contributed by atoms with Crippen molar-refractivity contribution >= 4 is 0 Å². The van der Waals surface area contributed by atoms with Crippen molar-refractivity contribution < 1.29 is 18.3 Å². The van der Waals surface area contributed by atoms with E-state index in [0.29, 0.717) is 35.8 Å². The maximum absolute atomic E-state index is 13.9. The van der Waals surface area contributed by atoms with Gasteiger partial charge in [0, 0.05) is 11.6 Å². The van der Waals surface area contributed by atoms with Crippen molar-refractivity contribution in [1.29, 1.82) is 0 Å². The SMILES string of the molecule is Cc1cc(C(N)c2ccc3c(c2)OCCO3)c(F)cc1F. The summed E-state index contributed by atoms with van der Waals surface area (Å²) in [4.78, 5) is 0. The van der Waals surface area contributed by atoms with Crippen molar-refractivity contribution in [3.63, 3.8) is 0 Å². The van der Waals surface area contributed by atoms with Gasteiger partial charge in [-0.3, -0.25) is 0 Å². The minimum absolute atomic E-state index is 0.255. The van der Waals surface area contributed by atoms with Gasteiger partial charge in [0.1, 0.15) is 24.8 Å². The Balaban J connectivity index is 1.98. The lowest BCUT2D eigenvalue weighted by atomic mass is 9.97. The normalized spacial score (nSPS) is 14.9. The molecule has 0 spiro atoms. The highest BCUT2D eigenvalue weighted by Crippen LogP contribution is 2.34. The van der Waals surface area contributed by atoms with E-state index in [-0.39, 0.29) is 5.56 Å². The number of rotatable bonds is 2. The Bertz CT molecular complexity index is 688. The molecule has 0 amide bonds. The summed E-state index contributed by atoms with van der Waals surface area (Å²) >= 11 is 0. The van der Waals surface area contributed by atoms with Crippen molar-refractivity contribution in [1.82, 2.24) is 0 Å². The molecule has 3 rings (SSSR count). The van der Waals surface area contributed by atoms with Gasteiger partial charge in [0.25, 0.3) is 0 Å². The molecular formula is C16H15F2NO2. The third-order valence-corrected chi connectivity index (χ3v) is 3.54. The molecule has 1 aliphatic rings. The number of hydrogen-bond acceptors (Lipinski definition) is 3. The zero-order valence-corrected chi connectivity index (χ0v) is 11.5. The first-order valence-corrected chi connectivity index (χ1v) is 6.67. The highest BCUT2D eigenvalue weighted by Gasteiger charge is 2.19. The van der Waals surface area contributed by atoms with E-state index < -0.39 is 17.7 Å². The molecule has 2 aromatic carbocycles. The lowest BCUT2D eigenvalue weighted by Crippen LogP contribution is -2.18. The fourth-order valence-corrected chi connectivity index (χ4v) is 2.35. The zero-order chi connectivity index (χ0) is 15.0. The number of benzene rings is 2. The molecule has 0 saturated carbocycles. The summed E-state index contributed by atoms with van der Waals surface area (Å²) in [5, 5.41) is 0. The molecule has 1 heterocycles. The number of ether oxygens (including phenoxy) is 2. The Morgan fingerprint density at radius 1 is 1.00 bits per heavy atom. The van der Waals surface area contributed by atoms with Crippen LogP contribution in [0.15, 0.2) is 30.3 Å². The molecule has 2 N–H and O–H groups in total. The summed E-state index contributed by atoms with van der Waals surface area (Å²) in [5.41, 5.74) is 7.41. The second-order valence-corrected chi connectivity index (χ2v) is 5.00. The summed E-state index contributed by atoms with van der Waals surface area (Å²) in [5.74, 6) is 0.00696. The summed E-state index contributed by atoms with van der Waals surface area (Å²) in [7, 11) is 0. The standard InChI is InChI=1S/C16H15F2NO2/c1-9-6-11(13(18)8-12(9)17)16(19)10-2-3-14-15(7-10)21-5-4-20-14/h2-3,6-8,16H,4-5,19H2,1H3. The van der Waals surface area contributed by atoms with E-state index in [1.54, 1.807) is 25.1 Å². The summed E-state index contributed by atoms with van der Waals surface area (Å²) in [6.45, 7) is 2.55. The zero-order valence-electron chi connectivity index (χ0n) is 11.5. The number of hydrogen-bond donors (Lipinski definition) is 1. The van der Waals surface area contributed by atoms with Gasteiger partial charge in [-0.25, -0.2) is 8.78 Å². The molecule has 1 atom stereocenters. The van der Waals surface area contributed by atoms with Gasteiger partial charge in [-0.05, 0) is 36.2 Å². The van der Waals surface area contributed by atoms with Crippen molar-refractivity contribution in [2.24, 2.45) is 5.73 Å². The topological polar surface area (TPSA) is 44.5 Å². The van der Waals surface area contributed by atoms with Crippen LogP contribution in [-0.4, -0.2) is 13.2 Å². The Kier molecular flexibility index (Phi) is 3.51. The van der Waals surface area contributed by atoms with Crippen LogP contribution in [0.5, 0.6) is 11.5 Å². The molecule has 2 aromatic rings. The molecule has 110 valence electrons. The monoisotopic (exact) mass is 291 g/mol. The van der Waals surface area contributed by atoms with Crippen LogP contribution >= 0.6 is 0 Å².